The Hall–Kier alpha value is -3.60. The molecule has 2 aromatic carbocycles. The van der Waals surface area contributed by atoms with Crippen LogP contribution >= 0.6 is 11.8 Å². The topological polar surface area (TPSA) is 87.8 Å². The predicted octanol–water partition coefficient (Wildman–Crippen LogP) is 5.42. The number of carboxylic acids is 1. The molecule has 1 unspecified atom stereocenters. The van der Waals surface area contributed by atoms with Crippen molar-refractivity contribution in [3.8, 4) is 0 Å². The maximum Gasteiger partial charge on any atom is 0.416 e. The van der Waals surface area contributed by atoms with Crippen LogP contribution < -0.4 is 0 Å². The van der Waals surface area contributed by atoms with Gasteiger partial charge in [0.15, 0.2) is 5.17 Å². The quantitative estimate of drug-likeness (QED) is 0.410. The van der Waals surface area contributed by atoms with E-state index in [1.807, 2.05) is 25.1 Å². The number of carbonyl (C=O) groups is 2. The number of rotatable bonds is 7. The Morgan fingerprint density at radius 2 is 2.00 bits per heavy atom. The van der Waals surface area contributed by atoms with Gasteiger partial charge in [-0.2, -0.15) is 23.3 Å². The minimum Gasteiger partial charge on any atom is -0.481 e. The number of aryl methyl sites for hydroxylation is 1. The molecule has 1 aromatic heterocycles. The zero-order valence-electron chi connectivity index (χ0n) is 20.4. The van der Waals surface area contributed by atoms with Gasteiger partial charge in [0.1, 0.15) is 0 Å². The van der Waals surface area contributed by atoms with Gasteiger partial charge < -0.3 is 10.0 Å². The summed E-state index contributed by atoms with van der Waals surface area (Å²) in [4.78, 5) is 30.0. The third kappa shape index (κ3) is 5.87. The lowest BCUT2D eigenvalue weighted by Gasteiger charge is -2.23. The van der Waals surface area contributed by atoms with E-state index in [-0.39, 0.29) is 12.5 Å². The second kappa shape index (κ2) is 10.4. The maximum atomic E-state index is 13.0. The number of nitrogens with zero attached hydrogens (tertiary/aromatic N) is 4. The molecule has 1 aliphatic heterocycles. The Morgan fingerprint density at radius 1 is 1.24 bits per heavy atom. The van der Waals surface area contributed by atoms with E-state index in [4.69, 9.17) is 0 Å². The van der Waals surface area contributed by atoms with E-state index in [0.29, 0.717) is 28.7 Å². The van der Waals surface area contributed by atoms with Crippen molar-refractivity contribution in [1.29, 1.82) is 0 Å². The van der Waals surface area contributed by atoms with Crippen LogP contribution in [0.5, 0.6) is 0 Å². The van der Waals surface area contributed by atoms with Crippen molar-refractivity contribution in [2.24, 2.45) is 10.9 Å². The number of hydrogen-bond acceptors (Lipinski definition) is 5. The Labute approximate surface area is 215 Å². The third-order valence-electron chi connectivity index (χ3n) is 6.13. The van der Waals surface area contributed by atoms with E-state index >= 15 is 0 Å². The van der Waals surface area contributed by atoms with Crippen LogP contribution in [0.15, 0.2) is 52.5 Å². The van der Waals surface area contributed by atoms with Gasteiger partial charge >= 0.3 is 12.1 Å². The van der Waals surface area contributed by atoms with Gasteiger partial charge in [0.2, 0.25) is 0 Å². The van der Waals surface area contributed by atoms with Crippen LogP contribution in [0, 0.1) is 12.8 Å². The molecule has 2 heterocycles. The van der Waals surface area contributed by atoms with Crippen molar-refractivity contribution in [2.75, 3.05) is 13.1 Å². The van der Waals surface area contributed by atoms with E-state index < -0.39 is 23.6 Å². The fourth-order valence-electron chi connectivity index (χ4n) is 3.97. The standard InChI is InChI=1S/C26H25F3N4O3S/c1-4-32(13-16(3)24(35)36)25-31-23(34)22(37-25)11-17-5-8-21-19(10-17)12-30-33(21)14-18-6-7-20(9-15(18)2)26(27,28)29/h5-12,16H,4,13-14H2,1-3H3,(H,35,36). The summed E-state index contributed by atoms with van der Waals surface area (Å²) in [6, 6.07) is 9.26. The molecule has 1 aliphatic rings. The molecule has 0 aliphatic carbocycles. The highest BCUT2D eigenvalue weighted by molar-refractivity contribution is 8.18. The molecule has 37 heavy (non-hydrogen) atoms. The molecule has 0 spiro atoms. The monoisotopic (exact) mass is 530 g/mol. The number of aliphatic carboxylic acids is 1. The van der Waals surface area contributed by atoms with Crippen molar-refractivity contribution < 1.29 is 27.9 Å². The van der Waals surface area contributed by atoms with Gasteiger partial charge in [0.05, 0.1) is 34.6 Å². The number of amides is 1. The van der Waals surface area contributed by atoms with Crippen LogP contribution in [0.4, 0.5) is 13.2 Å². The molecule has 0 saturated heterocycles. The van der Waals surface area contributed by atoms with E-state index in [9.17, 15) is 27.9 Å². The number of thioether (sulfide) groups is 1. The molecule has 1 N–H and O–H groups in total. The molecular weight excluding hydrogens is 505 g/mol. The van der Waals surface area contributed by atoms with Gasteiger partial charge in [0.25, 0.3) is 5.91 Å². The van der Waals surface area contributed by atoms with Crippen molar-refractivity contribution in [2.45, 2.75) is 33.5 Å². The zero-order chi connectivity index (χ0) is 26.9. The molecule has 3 aromatic rings. The minimum absolute atomic E-state index is 0.252. The van der Waals surface area contributed by atoms with Crippen LogP contribution in [0.1, 0.15) is 36.1 Å². The van der Waals surface area contributed by atoms with Crippen LogP contribution in [-0.4, -0.2) is 49.9 Å². The number of amidine groups is 1. The molecule has 194 valence electrons. The third-order valence-corrected chi connectivity index (χ3v) is 7.18. The molecule has 11 heteroatoms. The molecule has 0 saturated carbocycles. The van der Waals surface area contributed by atoms with E-state index in [0.717, 1.165) is 34.2 Å². The average Bonchev–Trinajstić information content (AvgIpc) is 3.40. The summed E-state index contributed by atoms with van der Waals surface area (Å²) >= 11 is 1.21. The van der Waals surface area contributed by atoms with Gasteiger partial charge in [-0.15, -0.1) is 0 Å². The van der Waals surface area contributed by atoms with Crippen molar-refractivity contribution in [3.63, 3.8) is 0 Å². The first-order valence-electron chi connectivity index (χ1n) is 11.6. The van der Waals surface area contributed by atoms with E-state index in [2.05, 4.69) is 10.1 Å². The Kier molecular flexibility index (Phi) is 7.44. The average molecular weight is 531 g/mol. The Balaban J connectivity index is 1.51. The number of benzene rings is 2. The van der Waals surface area contributed by atoms with Crippen molar-refractivity contribution >= 4 is 45.8 Å². The summed E-state index contributed by atoms with van der Waals surface area (Å²) in [5.41, 5.74) is 2.17. The van der Waals surface area contributed by atoms with Gasteiger partial charge in [-0.3, -0.25) is 14.3 Å². The van der Waals surface area contributed by atoms with Gasteiger partial charge in [0, 0.05) is 18.5 Å². The summed E-state index contributed by atoms with van der Waals surface area (Å²) < 4.78 is 40.6. The highest BCUT2D eigenvalue weighted by Gasteiger charge is 2.31. The lowest BCUT2D eigenvalue weighted by atomic mass is 10.0. The first kappa shape index (κ1) is 26.5. The summed E-state index contributed by atoms with van der Waals surface area (Å²) in [6.45, 7) is 6.23. The van der Waals surface area contributed by atoms with Gasteiger partial charge in [-0.05, 0) is 72.6 Å². The number of halogens is 3. The van der Waals surface area contributed by atoms with Gasteiger partial charge in [-0.1, -0.05) is 19.1 Å². The van der Waals surface area contributed by atoms with Crippen LogP contribution in [-0.2, 0) is 22.3 Å². The summed E-state index contributed by atoms with van der Waals surface area (Å²) in [6.07, 6.45) is -0.980. The van der Waals surface area contributed by atoms with Crippen molar-refractivity contribution in [1.82, 2.24) is 14.7 Å². The molecule has 1 atom stereocenters. The molecule has 0 radical (unpaired) electrons. The highest BCUT2D eigenvalue weighted by Crippen LogP contribution is 2.32. The van der Waals surface area contributed by atoms with Crippen molar-refractivity contribution in [3.05, 3.63) is 69.8 Å². The molecule has 1 amide bonds. The van der Waals surface area contributed by atoms with Gasteiger partial charge in [-0.25, -0.2) is 0 Å². The second-order valence-corrected chi connectivity index (χ2v) is 9.86. The fraction of sp³-hybridized carbons (Fsp3) is 0.308. The lowest BCUT2D eigenvalue weighted by molar-refractivity contribution is -0.141. The molecular formula is C26H25F3N4O3S. The smallest absolute Gasteiger partial charge is 0.416 e. The maximum absolute atomic E-state index is 13.0. The van der Waals surface area contributed by atoms with Crippen LogP contribution in [0.25, 0.3) is 17.0 Å². The SMILES string of the molecule is CCN(CC(C)C(=O)O)C1=NC(=O)C(=Cc2ccc3c(cnn3Cc3ccc(C(F)(F)F)cc3C)c2)S1. The molecule has 7 nitrogen and oxygen atoms in total. The highest BCUT2D eigenvalue weighted by atomic mass is 32.2. The molecule has 0 fully saturated rings. The summed E-state index contributed by atoms with van der Waals surface area (Å²) in [7, 11) is 0. The van der Waals surface area contributed by atoms with E-state index in [1.165, 1.54) is 17.8 Å². The summed E-state index contributed by atoms with van der Waals surface area (Å²) in [5, 5.41) is 14.9. The molecule has 4 rings (SSSR count). The largest absolute Gasteiger partial charge is 0.481 e. The second-order valence-electron chi connectivity index (χ2n) is 8.85. The van der Waals surface area contributed by atoms with Crippen LogP contribution in [0.2, 0.25) is 0 Å². The Bertz CT molecular complexity index is 1430. The van der Waals surface area contributed by atoms with E-state index in [1.54, 1.807) is 35.7 Å². The van der Waals surface area contributed by atoms with Crippen LogP contribution in [0.3, 0.4) is 0 Å². The normalized spacial score (nSPS) is 15.9. The summed E-state index contributed by atoms with van der Waals surface area (Å²) in [5.74, 6) is -1.89. The number of aromatic nitrogens is 2. The lowest BCUT2D eigenvalue weighted by Crippen LogP contribution is -2.34. The first-order valence-corrected chi connectivity index (χ1v) is 12.4. The number of alkyl halides is 3. The number of hydrogen-bond donors (Lipinski definition) is 1. The number of carbonyl (C=O) groups excluding carboxylic acids is 1. The minimum atomic E-state index is -4.39. The Morgan fingerprint density at radius 3 is 2.65 bits per heavy atom. The molecule has 0 bridgehead atoms. The predicted molar refractivity (Wildman–Crippen MR) is 137 cm³/mol. The first-order chi connectivity index (χ1) is 17.5. The zero-order valence-corrected chi connectivity index (χ0v) is 21.2. The number of fused-ring (bicyclic) bond motifs is 1. The fourth-order valence-corrected chi connectivity index (χ4v) is 4.95. The number of carboxylic acid groups (broad SMARTS) is 1. The number of aliphatic imine (C=N–C) groups is 1.